The number of carbonyl (C=O) groups is 2. The minimum atomic E-state index is -0.331. The van der Waals surface area contributed by atoms with Crippen molar-refractivity contribution in [1.29, 1.82) is 0 Å². The first-order valence-corrected chi connectivity index (χ1v) is 12.9. The normalized spacial score (nSPS) is 19.9. The Bertz CT molecular complexity index is 1310. The van der Waals surface area contributed by atoms with Crippen molar-refractivity contribution in [3.05, 3.63) is 62.6 Å². The van der Waals surface area contributed by atoms with Crippen LogP contribution in [0.4, 0.5) is 4.39 Å². The number of hydrogen-bond donors (Lipinski definition) is 3. The fourth-order valence-corrected chi connectivity index (χ4v) is 6.05. The first kappa shape index (κ1) is 23.7. The number of aromatic amines is 1. The van der Waals surface area contributed by atoms with Crippen molar-refractivity contribution in [2.24, 2.45) is 0 Å². The number of fused-ring (bicyclic) bond motifs is 2. The number of allylic oxidation sites excluding steroid dienone is 1. The third-order valence-corrected chi connectivity index (χ3v) is 8.02. The van der Waals surface area contributed by atoms with E-state index in [1.165, 1.54) is 28.3 Å². The van der Waals surface area contributed by atoms with Gasteiger partial charge < -0.3 is 20.5 Å². The summed E-state index contributed by atoms with van der Waals surface area (Å²) >= 11 is 1.50. The fraction of sp³-hybridized carbons (Fsp3) is 0.423. The van der Waals surface area contributed by atoms with Crippen LogP contribution in [-0.2, 0) is 13.0 Å². The summed E-state index contributed by atoms with van der Waals surface area (Å²) < 4.78 is 13.5. The van der Waals surface area contributed by atoms with Crippen molar-refractivity contribution in [2.75, 3.05) is 20.1 Å². The number of halogens is 1. The van der Waals surface area contributed by atoms with E-state index < -0.39 is 0 Å². The van der Waals surface area contributed by atoms with Crippen LogP contribution in [0.15, 0.2) is 35.5 Å². The van der Waals surface area contributed by atoms with Gasteiger partial charge in [-0.3, -0.25) is 9.59 Å². The van der Waals surface area contributed by atoms with E-state index in [4.69, 9.17) is 0 Å². The van der Waals surface area contributed by atoms with Crippen molar-refractivity contribution in [3.8, 4) is 0 Å². The molecule has 35 heavy (non-hydrogen) atoms. The van der Waals surface area contributed by atoms with Crippen LogP contribution >= 0.6 is 11.3 Å². The lowest BCUT2D eigenvalue weighted by molar-refractivity contribution is 0.0931. The molecule has 1 aromatic carbocycles. The molecule has 9 heteroatoms. The summed E-state index contributed by atoms with van der Waals surface area (Å²) in [6.45, 7) is 3.98. The fourth-order valence-electron chi connectivity index (χ4n) is 4.93. The summed E-state index contributed by atoms with van der Waals surface area (Å²) in [6.07, 6.45) is 4.67. The molecular weight excluding hydrogens is 465 g/mol. The van der Waals surface area contributed by atoms with Crippen LogP contribution in [0.2, 0.25) is 0 Å². The summed E-state index contributed by atoms with van der Waals surface area (Å²) in [5.41, 5.74) is 4.25. The van der Waals surface area contributed by atoms with Crippen molar-refractivity contribution in [2.45, 2.75) is 51.6 Å². The molecule has 0 radical (unpaired) electrons. The predicted octanol–water partition coefficient (Wildman–Crippen LogP) is 4.17. The quantitative estimate of drug-likeness (QED) is 0.447. The molecule has 1 aliphatic carbocycles. The van der Waals surface area contributed by atoms with Gasteiger partial charge in [0, 0.05) is 41.0 Å². The first-order valence-electron chi connectivity index (χ1n) is 12.1. The number of likely N-dealkylation sites (N-methyl/N-ethyl adjacent to an activating group) is 1. The zero-order valence-electron chi connectivity index (χ0n) is 20.0. The summed E-state index contributed by atoms with van der Waals surface area (Å²) in [5.74, 6) is -0.551. The number of hydrogen-bond acceptors (Lipinski definition) is 6. The SMILES string of the molecule is C/C(NCC(=O)c1nc2c(s1)CN(C)CC2)=C1\CCCC[C@@H]1NC(=O)c1cc2cc(F)ccc2[nH]1. The molecular formula is C26H30FN5O2S. The van der Waals surface area contributed by atoms with E-state index in [-0.39, 0.29) is 30.1 Å². The topological polar surface area (TPSA) is 90.1 Å². The van der Waals surface area contributed by atoms with Gasteiger partial charge in [-0.15, -0.1) is 11.3 Å². The van der Waals surface area contributed by atoms with Crippen molar-refractivity contribution >= 4 is 33.9 Å². The largest absolute Gasteiger partial charge is 0.381 e. The number of benzene rings is 1. The Morgan fingerprint density at radius 1 is 1.26 bits per heavy atom. The van der Waals surface area contributed by atoms with E-state index in [1.807, 2.05) is 6.92 Å². The summed E-state index contributed by atoms with van der Waals surface area (Å²) in [6, 6.07) is 5.99. The number of thiazole rings is 1. The number of ketones is 1. The molecule has 0 spiro atoms. The van der Waals surface area contributed by atoms with E-state index in [0.29, 0.717) is 16.1 Å². The lowest BCUT2D eigenvalue weighted by Gasteiger charge is -2.28. The highest BCUT2D eigenvalue weighted by Gasteiger charge is 2.25. The molecule has 184 valence electrons. The van der Waals surface area contributed by atoms with Crippen LogP contribution in [0.5, 0.6) is 0 Å². The predicted molar refractivity (Wildman–Crippen MR) is 135 cm³/mol. The molecule has 0 bridgehead atoms. The van der Waals surface area contributed by atoms with E-state index in [0.717, 1.165) is 67.7 Å². The molecule has 1 amide bonds. The third kappa shape index (κ3) is 5.16. The number of carbonyl (C=O) groups excluding carboxylic acids is 2. The minimum absolute atomic E-state index is 0.00583. The highest BCUT2D eigenvalue weighted by atomic mass is 32.1. The Hall–Kier alpha value is -3.04. The molecule has 2 aliphatic rings. The highest BCUT2D eigenvalue weighted by Crippen LogP contribution is 2.27. The maximum absolute atomic E-state index is 13.5. The van der Waals surface area contributed by atoms with Gasteiger partial charge in [0.25, 0.3) is 5.91 Å². The average Bonchev–Trinajstić information content (AvgIpc) is 3.46. The van der Waals surface area contributed by atoms with Gasteiger partial charge in [0.05, 0.1) is 18.3 Å². The number of nitrogens with one attached hydrogen (secondary N) is 3. The number of H-pyrrole nitrogens is 1. The van der Waals surface area contributed by atoms with E-state index in [9.17, 15) is 14.0 Å². The van der Waals surface area contributed by atoms with Crippen LogP contribution in [0.1, 0.15) is 63.5 Å². The zero-order valence-corrected chi connectivity index (χ0v) is 20.9. The van der Waals surface area contributed by atoms with Gasteiger partial charge in [-0.2, -0.15) is 0 Å². The molecule has 1 saturated carbocycles. The lowest BCUT2D eigenvalue weighted by Crippen LogP contribution is -2.39. The Labute approximate surface area is 207 Å². The van der Waals surface area contributed by atoms with Gasteiger partial charge in [0.1, 0.15) is 11.5 Å². The molecule has 0 unspecified atom stereocenters. The molecule has 3 aromatic rings. The van der Waals surface area contributed by atoms with Crippen LogP contribution in [0.25, 0.3) is 10.9 Å². The number of rotatable bonds is 6. The van der Waals surface area contributed by atoms with Gasteiger partial charge in [-0.05, 0) is 63.1 Å². The second-order valence-electron chi connectivity index (χ2n) is 9.49. The van der Waals surface area contributed by atoms with Gasteiger partial charge in [0.15, 0.2) is 5.01 Å². The molecule has 1 aliphatic heterocycles. The monoisotopic (exact) mass is 495 g/mol. The van der Waals surface area contributed by atoms with Gasteiger partial charge >= 0.3 is 0 Å². The first-order chi connectivity index (χ1) is 16.9. The van der Waals surface area contributed by atoms with Gasteiger partial charge in [-0.1, -0.05) is 6.42 Å². The molecule has 3 heterocycles. The van der Waals surface area contributed by atoms with Crippen LogP contribution in [-0.4, -0.2) is 52.7 Å². The maximum Gasteiger partial charge on any atom is 0.268 e. The van der Waals surface area contributed by atoms with Gasteiger partial charge in [0.2, 0.25) is 5.78 Å². The van der Waals surface area contributed by atoms with E-state index in [2.05, 4.69) is 32.5 Å². The second-order valence-corrected chi connectivity index (χ2v) is 10.6. The number of amides is 1. The third-order valence-electron chi connectivity index (χ3n) is 6.90. The van der Waals surface area contributed by atoms with Crippen LogP contribution in [0.3, 0.4) is 0 Å². The Balaban J connectivity index is 1.25. The minimum Gasteiger partial charge on any atom is -0.381 e. The number of nitrogens with zero attached hydrogens (tertiary/aromatic N) is 2. The maximum atomic E-state index is 13.5. The zero-order chi connectivity index (χ0) is 24.5. The number of aromatic nitrogens is 2. The second kappa shape index (κ2) is 9.91. The molecule has 3 N–H and O–H groups in total. The summed E-state index contributed by atoms with van der Waals surface area (Å²) in [4.78, 5) is 36.9. The molecule has 1 fully saturated rings. The molecule has 0 saturated heterocycles. The van der Waals surface area contributed by atoms with Crippen LogP contribution < -0.4 is 10.6 Å². The van der Waals surface area contributed by atoms with Crippen LogP contribution in [0, 0.1) is 5.82 Å². The standard InChI is InChI=1S/C26H30FN5O2S/c1-15(28-13-23(33)26-31-21-9-10-32(2)14-24(21)35-26)18-5-3-4-6-20(18)30-25(34)22-12-16-11-17(27)7-8-19(16)29-22/h7-8,11-12,20,28-29H,3-6,9-10,13-14H2,1-2H3,(H,30,34)/b18-15-/t20-/m0/s1. The van der Waals surface area contributed by atoms with Gasteiger partial charge in [-0.25, -0.2) is 9.37 Å². The summed E-state index contributed by atoms with van der Waals surface area (Å²) in [5, 5.41) is 7.67. The molecule has 1 atom stereocenters. The Morgan fingerprint density at radius 3 is 2.97 bits per heavy atom. The lowest BCUT2D eigenvalue weighted by atomic mass is 9.88. The Kier molecular flexibility index (Phi) is 6.71. The van der Waals surface area contributed by atoms with E-state index in [1.54, 1.807) is 12.1 Å². The molecule has 7 nitrogen and oxygen atoms in total. The Morgan fingerprint density at radius 2 is 2.11 bits per heavy atom. The van der Waals surface area contributed by atoms with Crippen molar-refractivity contribution in [1.82, 2.24) is 25.5 Å². The summed E-state index contributed by atoms with van der Waals surface area (Å²) in [7, 11) is 2.08. The number of Topliss-reactive ketones (excluding diaryl/α,β-unsaturated/α-hetero) is 1. The molecule has 2 aromatic heterocycles. The molecule has 5 rings (SSSR count). The van der Waals surface area contributed by atoms with Crippen molar-refractivity contribution in [3.63, 3.8) is 0 Å². The highest BCUT2D eigenvalue weighted by molar-refractivity contribution is 7.13. The smallest absolute Gasteiger partial charge is 0.268 e. The average molecular weight is 496 g/mol. The van der Waals surface area contributed by atoms with Crippen molar-refractivity contribution < 1.29 is 14.0 Å². The van der Waals surface area contributed by atoms with E-state index >= 15 is 0 Å².